The smallest absolute Gasteiger partial charge is 0.268 e. The van der Waals surface area contributed by atoms with Gasteiger partial charge in [-0.25, -0.2) is 0 Å². The van der Waals surface area contributed by atoms with Gasteiger partial charge in [0.2, 0.25) is 0 Å². The van der Waals surface area contributed by atoms with Crippen LogP contribution in [-0.2, 0) is 16.0 Å². The first-order valence-corrected chi connectivity index (χ1v) is 7.87. The molecule has 1 amide bonds. The lowest BCUT2D eigenvalue weighted by molar-refractivity contribution is -0.128. The summed E-state index contributed by atoms with van der Waals surface area (Å²) in [6.45, 7) is 3.50. The summed E-state index contributed by atoms with van der Waals surface area (Å²) in [4.78, 5) is 25.9. The van der Waals surface area contributed by atoms with E-state index in [1.807, 2.05) is 31.2 Å². The van der Waals surface area contributed by atoms with Crippen molar-refractivity contribution >= 4 is 23.1 Å². The van der Waals surface area contributed by atoms with Crippen LogP contribution in [0.1, 0.15) is 18.1 Å². The minimum Gasteiger partial charge on any atom is -0.478 e. The zero-order valence-electron chi connectivity index (χ0n) is 13.8. The first-order valence-electron chi connectivity index (χ1n) is 7.87. The van der Waals surface area contributed by atoms with E-state index in [-0.39, 0.29) is 18.2 Å². The Bertz CT molecular complexity index is 801. The van der Waals surface area contributed by atoms with Crippen LogP contribution in [0.15, 0.2) is 42.5 Å². The fourth-order valence-electron chi connectivity index (χ4n) is 2.90. The van der Waals surface area contributed by atoms with Crippen LogP contribution >= 0.6 is 0 Å². The third-order valence-corrected chi connectivity index (χ3v) is 4.13. The molecule has 0 spiro atoms. The predicted octanol–water partition coefficient (Wildman–Crippen LogP) is 2.50. The number of aryl methyl sites for hydroxylation is 1. The SMILES string of the molecule is CC(=O)CN1C(=O)C(Cc2ccccc2C)Oc2cc(N)ccc21. The Hall–Kier alpha value is -2.82. The van der Waals surface area contributed by atoms with Gasteiger partial charge in [0, 0.05) is 18.2 Å². The van der Waals surface area contributed by atoms with E-state index in [0.29, 0.717) is 23.5 Å². The zero-order chi connectivity index (χ0) is 17.3. The summed E-state index contributed by atoms with van der Waals surface area (Å²) in [5.41, 5.74) is 9.13. The standard InChI is InChI=1S/C19H20N2O3/c1-12-5-3-4-6-14(12)9-18-19(23)21(11-13(2)22)16-8-7-15(20)10-17(16)24-18/h3-8,10,18H,9,11,20H2,1-2H3. The average molecular weight is 324 g/mol. The molecule has 0 fully saturated rings. The quantitative estimate of drug-likeness (QED) is 0.877. The molecule has 0 saturated carbocycles. The van der Waals surface area contributed by atoms with Crippen LogP contribution in [0.3, 0.4) is 0 Å². The van der Waals surface area contributed by atoms with E-state index >= 15 is 0 Å². The van der Waals surface area contributed by atoms with Crippen molar-refractivity contribution in [3.63, 3.8) is 0 Å². The molecule has 3 rings (SSSR count). The fraction of sp³-hybridized carbons (Fsp3) is 0.263. The fourth-order valence-corrected chi connectivity index (χ4v) is 2.90. The van der Waals surface area contributed by atoms with Crippen LogP contribution < -0.4 is 15.4 Å². The number of hydrogen-bond acceptors (Lipinski definition) is 4. The number of carbonyl (C=O) groups excluding carboxylic acids is 2. The Morgan fingerprint density at radius 3 is 2.71 bits per heavy atom. The molecule has 0 aliphatic carbocycles. The molecule has 1 aliphatic rings. The van der Waals surface area contributed by atoms with Gasteiger partial charge in [0.25, 0.3) is 5.91 Å². The molecular formula is C19H20N2O3. The molecule has 24 heavy (non-hydrogen) atoms. The van der Waals surface area contributed by atoms with Gasteiger partial charge in [-0.05, 0) is 37.1 Å². The van der Waals surface area contributed by atoms with E-state index in [9.17, 15) is 9.59 Å². The van der Waals surface area contributed by atoms with Gasteiger partial charge >= 0.3 is 0 Å². The van der Waals surface area contributed by atoms with Crippen molar-refractivity contribution in [1.29, 1.82) is 0 Å². The van der Waals surface area contributed by atoms with Crippen molar-refractivity contribution in [2.75, 3.05) is 17.2 Å². The van der Waals surface area contributed by atoms with Gasteiger partial charge in [-0.2, -0.15) is 0 Å². The van der Waals surface area contributed by atoms with Crippen LogP contribution in [0.25, 0.3) is 0 Å². The number of anilines is 2. The summed E-state index contributed by atoms with van der Waals surface area (Å²) in [7, 11) is 0. The molecule has 0 aromatic heterocycles. The van der Waals surface area contributed by atoms with Gasteiger partial charge in [0.05, 0.1) is 12.2 Å². The van der Waals surface area contributed by atoms with E-state index in [2.05, 4.69) is 0 Å². The first-order chi connectivity index (χ1) is 11.5. The van der Waals surface area contributed by atoms with E-state index in [0.717, 1.165) is 11.1 Å². The van der Waals surface area contributed by atoms with Crippen LogP contribution in [-0.4, -0.2) is 24.3 Å². The number of rotatable bonds is 4. The summed E-state index contributed by atoms with van der Waals surface area (Å²) in [6, 6.07) is 13.0. The van der Waals surface area contributed by atoms with Crippen molar-refractivity contribution in [2.45, 2.75) is 26.4 Å². The van der Waals surface area contributed by atoms with Crippen LogP contribution in [0.2, 0.25) is 0 Å². The maximum Gasteiger partial charge on any atom is 0.268 e. The van der Waals surface area contributed by atoms with E-state index in [1.54, 1.807) is 18.2 Å². The van der Waals surface area contributed by atoms with Crippen molar-refractivity contribution in [1.82, 2.24) is 0 Å². The lowest BCUT2D eigenvalue weighted by Crippen LogP contribution is -2.48. The maximum absolute atomic E-state index is 12.8. The summed E-state index contributed by atoms with van der Waals surface area (Å²) in [5, 5.41) is 0. The number of nitrogens with zero attached hydrogens (tertiary/aromatic N) is 1. The van der Waals surface area contributed by atoms with Gasteiger partial charge < -0.3 is 10.5 Å². The molecule has 5 heteroatoms. The van der Waals surface area contributed by atoms with Crippen LogP contribution in [0.5, 0.6) is 5.75 Å². The molecule has 1 heterocycles. The highest BCUT2D eigenvalue weighted by Gasteiger charge is 2.35. The molecule has 0 saturated heterocycles. The summed E-state index contributed by atoms with van der Waals surface area (Å²) in [6.07, 6.45) is -0.214. The Balaban J connectivity index is 1.96. The number of carbonyl (C=O) groups is 2. The van der Waals surface area contributed by atoms with Crippen molar-refractivity contribution in [2.24, 2.45) is 0 Å². The number of hydrogen-bond donors (Lipinski definition) is 1. The first kappa shape index (κ1) is 16.1. The normalized spacial score (nSPS) is 16.5. The van der Waals surface area contributed by atoms with E-state index in [1.165, 1.54) is 11.8 Å². The molecule has 0 bridgehead atoms. The summed E-state index contributed by atoms with van der Waals surface area (Å²) < 4.78 is 5.91. The van der Waals surface area contributed by atoms with Crippen molar-refractivity contribution in [3.05, 3.63) is 53.6 Å². The highest BCUT2D eigenvalue weighted by atomic mass is 16.5. The number of amides is 1. The minimum atomic E-state index is -0.667. The second-order valence-corrected chi connectivity index (χ2v) is 6.09. The molecule has 2 aromatic carbocycles. The summed E-state index contributed by atoms with van der Waals surface area (Å²) in [5.74, 6) is 0.253. The van der Waals surface area contributed by atoms with Crippen LogP contribution in [0.4, 0.5) is 11.4 Å². The number of fused-ring (bicyclic) bond motifs is 1. The second kappa shape index (κ2) is 6.35. The highest BCUT2D eigenvalue weighted by Crippen LogP contribution is 2.36. The maximum atomic E-state index is 12.8. The second-order valence-electron chi connectivity index (χ2n) is 6.09. The topological polar surface area (TPSA) is 72.6 Å². The third-order valence-electron chi connectivity index (χ3n) is 4.13. The molecule has 5 nitrogen and oxygen atoms in total. The Morgan fingerprint density at radius 2 is 2.00 bits per heavy atom. The molecular weight excluding hydrogens is 304 g/mol. The predicted molar refractivity (Wildman–Crippen MR) is 93.2 cm³/mol. The number of nitrogens with two attached hydrogens (primary N) is 1. The molecule has 1 aliphatic heterocycles. The monoisotopic (exact) mass is 324 g/mol. The lowest BCUT2D eigenvalue weighted by atomic mass is 10.0. The largest absolute Gasteiger partial charge is 0.478 e. The molecule has 124 valence electrons. The number of nitrogen functional groups attached to an aromatic ring is 1. The highest BCUT2D eigenvalue weighted by molar-refractivity contribution is 6.04. The van der Waals surface area contributed by atoms with Crippen LogP contribution in [0, 0.1) is 6.92 Å². The lowest BCUT2D eigenvalue weighted by Gasteiger charge is -2.34. The zero-order valence-corrected chi connectivity index (χ0v) is 13.8. The molecule has 0 radical (unpaired) electrons. The Morgan fingerprint density at radius 1 is 1.25 bits per heavy atom. The number of ketones is 1. The number of benzene rings is 2. The Kier molecular flexibility index (Phi) is 4.25. The van der Waals surface area contributed by atoms with E-state index in [4.69, 9.17) is 10.5 Å². The van der Waals surface area contributed by atoms with Gasteiger partial charge in [-0.1, -0.05) is 24.3 Å². The molecule has 2 N–H and O–H groups in total. The average Bonchev–Trinajstić information content (AvgIpc) is 2.53. The summed E-state index contributed by atoms with van der Waals surface area (Å²) >= 11 is 0. The third kappa shape index (κ3) is 3.11. The molecule has 2 aromatic rings. The number of Topliss-reactive ketones (excluding diaryl/α,β-unsaturated/α-hetero) is 1. The van der Waals surface area contributed by atoms with Gasteiger partial charge in [0.15, 0.2) is 6.10 Å². The minimum absolute atomic E-state index is 0.0311. The van der Waals surface area contributed by atoms with Gasteiger partial charge in [-0.3, -0.25) is 14.5 Å². The molecule has 1 atom stereocenters. The number of ether oxygens (including phenoxy) is 1. The Labute approximate surface area is 141 Å². The van der Waals surface area contributed by atoms with Gasteiger partial charge in [0.1, 0.15) is 11.5 Å². The van der Waals surface area contributed by atoms with Gasteiger partial charge in [-0.15, -0.1) is 0 Å². The van der Waals surface area contributed by atoms with Crippen molar-refractivity contribution < 1.29 is 14.3 Å². The van der Waals surface area contributed by atoms with Crippen molar-refractivity contribution in [3.8, 4) is 5.75 Å². The molecule has 1 unspecified atom stereocenters. The van der Waals surface area contributed by atoms with E-state index < -0.39 is 6.10 Å².